The molecule has 106 valence electrons. The molecule has 0 aliphatic heterocycles. The summed E-state index contributed by atoms with van der Waals surface area (Å²) in [5, 5.41) is 6.41. The molecule has 0 radical (unpaired) electrons. The molecule has 0 aliphatic carbocycles. The SMILES string of the molecule is Cc1ccsc1-c1nn(-c2ccc(Cl)c(F)c2)cc1C=O. The van der Waals surface area contributed by atoms with Crippen molar-refractivity contribution in [2.75, 3.05) is 0 Å². The van der Waals surface area contributed by atoms with Crippen LogP contribution in [-0.2, 0) is 0 Å². The Bertz CT molecular complexity index is 825. The van der Waals surface area contributed by atoms with Gasteiger partial charge in [-0.05, 0) is 36.1 Å². The first-order valence-electron chi connectivity index (χ1n) is 6.15. The van der Waals surface area contributed by atoms with Crippen LogP contribution in [0.4, 0.5) is 4.39 Å². The topological polar surface area (TPSA) is 34.9 Å². The Hall–Kier alpha value is -1.98. The van der Waals surface area contributed by atoms with Crippen molar-refractivity contribution in [2.45, 2.75) is 6.92 Å². The van der Waals surface area contributed by atoms with Gasteiger partial charge in [-0.2, -0.15) is 5.10 Å². The molecule has 0 N–H and O–H groups in total. The smallest absolute Gasteiger partial charge is 0.153 e. The minimum atomic E-state index is -0.522. The summed E-state index contributed by atoms with van der Waals surface area (Å²) < 4.78 is 15.0. The van der Waals surface area contributed by atoms with Crippen molar-refractivity contribution in [1.29, 1.82) is 0 Å². The first-order chi connectivity index (χ1) is 10.1. The van der Waals surface area contributed by atoms with Gasteiger partial charge in [0, 0.05) is 12.3 Å². The lowest BCUT2D eigenvalue weighted by molar-refractivity contribution is 0.112. The fourth-order valence-electron chi connectivity index (χ4n) is 2.03. The van der Waals surface area contributed by atoms with E-state index in [9.17, 15) is 9.18 Å². The van der Waals surface area contributed by atoms with Crippen LogP contribution in [0.5, 0.6) is 0 Å². The maximum atomic E-state index is 13.6. The number of aromatic nitrogens is 2. The average Bonchev–Trinajstić information content (AvgIpc) is 3.07. The molecule has 1 aromatic carbocycles. The normalized spacial score (nSPS) is 10.8. The zero-order valence-electron chi connectivity index (χ0n) is 11.0. The van der Waals surface area contributed by atoms with Crippen LogP contribution in [0.15, 0.2) is 35.8 Å². The summed E-state index contributed by atoms with van der Waals surface area (Å²) in [5.74, 6) is -0.522. The van der Waals surface area contributed by atoms with E-state index in [-0.39, 0.29) is 5.02 Å². The summed E-state index contributed by atoms with van der Waals surface area (Å²) in [6, 6.07) is 6.37. The van der Waals surface area contributed by atoms with E-state index in [1.165, 1.54) is 28.2 Å². The van der Waals surface area contributed by atoms with Crippen LogP contribution in [0.3, 0.4) is 0 Å². The molecule has 0 aliphatic rings. The summed E-state index contributed by atoms with van der Waals surface area (Å²) in [6.07, 6.45) is 2.34. The third-order valence-electron chi connectivity index (χ3n) is 3.11. The van der Waals surface area contributed by atoms with Crippen molar-refractivity contribution in [1.82, 2.24) is 9.78 Å². The minimum absolute atomic E-state index is 0.0517. The van der Waals surface area contributed by atoms with Crippen LogP contribution in [0.2, 0.25) is 5.02 Å². The number of aryl methyl sites for hydroxylation is 1. The van der Waals surface area contributed by atoms with Crippen LogP contribution in [-0.4, -0.2) is 16.1 Å². The molecule has 0 unspecified atom stereocenters. The highest BCUT2D eigenvalue weighted by molar-refractivity contribution is 7.13. The standard InChI is InChI=1S/C15H10ClFN2OS/c1-9-4-5-21-15(9)14-10(8-20)7-19(18-14)11-2-3-12(16)13(17)6-11/h2-8H,1H3. The minimum Gasteiger partial charge on any atom is -0.298 e. The van der Waals surface area contributed by atoms with Gasteiger partial charge in [0.2, 0.25) is 0 Å². The number of hydrogen-bond acceptors (Lipinski definition) is 3. The number of halogens is 2. The zero-order valence-corrected chi connectivity index (χ0v) is 12.6. The summed E-state index contributed by atoms with van der Waals surface area (Å²) in [7, 11) is 0. The summed E-state index contributed by atoms with van der Waals surface area (Å²) in [5.41, 5.74) is 2.64. The van der Waals surface area contributed by atoms with Gasteiger partial charge in [0.05, 0.1) is 21.2 Å². The highest BCUT2D eigenvalue weighted by atomic mass is 35.5. The fraction of sp³-hybridized carbons (Fsp3) is 0.0667. The first kappa shape index (κ1) is 14.0. The maximum absolute atomic E-state index is 13.6. The van der Waals surface area contributed by atoms with E-state index in [1.54, 1.807) is 12.3 Å². The second kappa shape index (κ2) is 5.42. The molecule has 21 heavy (non-hydrogen) atoms. The van der Waals surface area contributed by atoms with Gasteiger partial charge in [-0.25, -0.2) is 9.07 Å². The molecular formula is C15H10ClFN2OS. The number of thiophene rings is 1. The lowest BCUT2D eigenvalue weighted by Gasteiger charge is -2.02. The predicted octanol–water partition coefficient (Wildman–Crippen LogP) is 4.51. The van der Waals surface area contributed by atoms with Crippen molar-refractivity contribution in [3.05, 3.63) is 57.8 Å². The van der Waals surface area contributed by atoms with Crippen LogP contribution < -0.4 is 0 Å². The van der Waals surface area contributed by atoms with Gasteiger partial charge in [0.25, 0.3) is 0 Å². The van der Waals surface area contributed by atoms with E-state index in [0.717, 1.165) is 16.7 Å². The molecule has 2 aromatic heterocycles. The number of carbonyl (C=O) groups excluding carboxylic acids is 1. The lowest BCUT2D eigenvalue weighted by atomic mass is 10.2. The van der Waals surface area contributed by atoms with E-state index in [0.29, 0.717) is 16.9 Å². The second-order valence-corrected chi connectivity index (χ2v) is 5.85. The van der Waals surface area contributed by atoms with Crippen molar-refractivity contribution >= 4 is 29.2 Å². The Kier molecular flexibility index (Phi) is 3.61. The molecule has 0 fully saturated rings. The molecule has 0 bridgehead atoms. The molecule has 0 amide bonds. The van der Waals surface area contributed by atoms with Gasteiger partial charge in [-0.1, -0.05) is 11.6 Å². The Morgan fingerprint density at radius 2 is 2.19 bits per heavy atom. The third-order valence-corrected chi connectivity index (χ3v) is 4.44. The van der Waals surface area contributed by atoms with Crippen LogP contribution in [0.25, 0.3) is 16.3 Å². The van der Waals surface area contributed by atoms with E-state index < -0.39 is 5.82 Å². The van der Waals surface area contributed by atoms with Crippen LogP contribution in [0, 0.1) is 12.7 Å². The third kappa shape index (κ3) is 2.50. The molecule has 0 saturated heterocycles. The molecule has 3 nitrogen and oxygen atoms in total. The van der Waals surface area contributed by atoms with E-state index in [1.807, 2.05) is 18.4 Å². The molecule has 2 heterocycles. The Morgan fingerprint density at radius 3 is 2.81 bits per heavy atom. The molecule has 0 spiro atoms. The van der Waals surface area contributed by atoms with Gasteiger partial charge in [-0.15, -0.1) is 11.3 Å². The molecule has 3 rings (SSSR count). The summed E-state index contributed by atoms with van der Waals surface area (Å²) in [6.45, 7) is 1.96. The number of aldehydes is 1. The lowest BCUT2D eigenvalue weighted by Crippen LogP contribution is -1.95. The quantitative estimate of drug-likeness (QED) is 0.665. The average molecular weight is 321 g/mol. The number of hydrogen-bond donors (Lipinski definition) is 0. The fourth-order valence-corrected chi connectivity index (χ4v) is 3.08. The molecular weight excluding hydrogens is 311 g/mol. The van der Waals surface area contributed by atoms with Gasteiger partial charge >= 0.3 is 0 Å². The number of carbonyl (C=O) groups is 1. The van der Waals surface area contributed by atoms with E-state index >= 15 is 0 Å². The highest BCUT2D eigenvalue weighted by Gasteiger charge is 2.15. The first-order valence-corrected chi connectivity index (χ1v) is 7.40. The molecule has 6 heteroatoms. The number of rotatable bonds is 3. The largest absolute Gasteiger partial charge is 0.298 e. The Labute approximate surface area is 129 Å². The Morgan fingerprint density at radius 1 is 1.38 bits per heavy atom. The molecule has 3 aromatic rings. The molecule has 0 atom stereocenters. The van der Waals surface area contributed by atoms with Gasteiger partial charge in [0.1, 0.15) is 11.5 Å². The molecule has 0 saturated carbocycles. The second-order valence-electron chi connectivity index (χ2n) is 4.53. The van der Waals surface area contributed by atoms with Crippen molar-refractivity contribution in [2.24, 2.45) is 0 Å². The van der Waals surface area contributed by atoms with E-state index in [4.69, 9.17) is 11.6 Å². The van der Waals surface area contributed by atoms with Gasteiger partial charge in [0.15, 0.2) is 6.29 Å². The monoisotopic (exact) mass is 320 g/mol. The summed E-state index contributed by atoms with van der Waals surface area (Å²) in [4.78, 5) is 12.2. The van der Waals surface area contributed by atoms with Crippen molar-refractivity contribution in [3.63, 3.8) is 0 Å². The number of nitrogens with zero attached hydrogens (tertiary/aromatic N) is 2. The Balaban J connectivity index is 2.13. The van der Waals surface area contributed by atoms with Gasteiger partial charge in [-0.3, -0.25) is 4.79 Å². The van der Waals surface area contributed by atoms with Crippen LogP contribution in [0.1, 0.15) is 15.9 Å². The highest BCUT2D eigenvalue weighted by Crippen LogP contribution is 2.30. The zero-order chi connectivity index (χ0) is 15.0. The van der Waals surface area contributed by atoms with E-state index in [2.05, 4.69) is 5.10 Å². The van der Waals surface area contributed by atoms with Crippen molar-refractivity contribution in [3.8, 4) is 16.3 Å². The maximum Gasteiger partial charge on any atom is 0.153 e. The number of benzene rings is 1. The van der Waals surface area contributed by atoms with Crippen LogP contribution >= 0.6 is 22.9 Å². The summed E-state index contributed by atoms with van der Waals surface area (Å²) >= 11 is 7.19. The van der Waals surface area contributed by atoms with Crippen molar-refractivity contribution < 1.29 is 9.18 Å². The predicted molar refractivity (Wildman–Crippen MR) is 82.0 cm³/mol. The van der Waals surface area contributed by atoms with Gasteiger partial charge < -0.3 is 0 Å².